The molecule has 0 saturated carbocycles. The summed E-state index contributed by atoms with van der Waals surface area (Å²) in [6, 6.07) is 15.3. The van der Waals surface area contributed by atoms with Crippen molar-refractivity contribution in [3.8, 4) is 0 Å². The number of carbonyl (C=O) groups is 2. The molecule has 0 bridgehead atoms. The first kappa shape index (κ1) is 18.0. The van der Waals surface area contributed by atoms with E-state index in [1.165, 1.54) is 24.9 Å². The number of nitrogens with zero attached hydrogens (tertiary/aromatic N) is 1. The number of para-hydroxylation sites is 1. The number of anilines is 3. The Hall–Kier alpha value is -2.82. The van der Waals surface area contributed by atoms with Gasteiger partial charge in [0.25, 0.3) is 0 Å². The van der Waals surface area contributed by atoms with Gasteiger partial charge in [-0.2, -0.15) is 0 Å². The first-order valence-electron chi connectivity index (χ1n) is 9.12. The van der Waals surface area contributed by atoms with E-state index >= 15 is 0 Å². The lowest BCUT2D eigenvalue weighted by atomic mass is 10.1. The van der Waals surface area contributed by atoms with E-state index in [0.717, 1.165) is 24.3 Å². The van der Waals surface area contributed by atoms with Crippen LogP contribution in [0.5, 0.6) is 0 Å². The van der Waals surface area contributed by atoms with Gasteiger partial charge in [0.15, 0.2) is 0 Å². The Bertz CT molecular complexity index is 765. The molecule has 1 aliphatic rings. The molecule has 2 amide bonds. The first-order valence-corrected chi connectivity index (χ1v) is 9.12. The van der Waals surface area contributed by atoms with Gasteiger partial charge in [0.1, 0.15) is 6.42 Å². The highest BCUT2D eigenvalue weighted by Gasteiger charge is 2.13. The lowest BCUT2D eigenvalue weighted by Crippen LogP contribution is -2.29. The van der Waals surface area contributed by atoms with Gasteiger partial charge in [-0.3, -0.25) is 9.59 Å². The van der Waals surface area contributed by atoms with Crippen LogP contribution in [0.4, 0.5) is 17.1 Å². The van der Waals surface area contributed by atoms with Gasteiger partial charge < -0.3 is 15.5 Å². The number of aryl methyl sites for hydroxylation is 1. The topological polar surface area (TPSA) is 61.4 Å². The lowest BCUT2D eigenvalue weighted by Gasteiger charge is -2.28. The molecule has 5 nitrogen and oxygen atoms in total. The van der Waals surface area contributed by atoms with Crippen LogP contribution in [0.25, 0.3) is 0 Å². The highest BCUT2D eigenvalue weighted by Crippen LogP contribution is 2.22. The first-order chi connectivity index (χ1) is 12.6. The van der Waals surface area contributed by atoms with Crippen molar-refractivity contribution in [3.63, 3.8) is 0 Å². The van der Waals surface area contributed by atoms with E-state index in [1.807, 2.05) is 55.5 Å². The maximum absolute atomic E-state index is 12.1. The van der Waals surface area contributed by atoms with Gasteiger partial charge in [-0.25, -0.2) is 0 Å². The van der Waals surface area contributed by atoms with Crippen LogP contribution in [0.3, 0.4) is 0 Å². The molecule has 1 saturated heterocycles. The van der Waals surface area contributed by atoms with Crippen molar-refractivity contribution in [3.05, 3.63) is 54.1 Å². The zero-order chi connectivity index (χ0) is 18.4. The van der Waals surface area contributed by atoms with Gasteiger partial charge in [-0.1, -0.05) is 18.2 Å². The summed E-state index contributed by atoms with van der Waals surface area (Å²) in [6.07, 6.45) is 3.56. The van der Waals surface area contributed by atoms with Crippen molar-refractivity contribution in [1.82, 2.24) is 0 Å². The number of carbonyl (C=O) groups excluding carboxylic acids is 2. The summed E-state index contributed by atoms with van der Waals surface area (Å²) in [7, 11) is 0. The van der Waals surface area contributed by atoms with Crippen LogP contribution >= 0.6 is 0 Å². The fourth-order valence-corrected chi connectivity index (χ4v) is 3.17. The summed E-state index contributed by atoms with van der Waals surface area (Å²) >= 11 is 0. The Morgan fingerprint density at radius 2 is 1.54 bits per heavy atom. The average Bonchev–Trinajstić information content (AvgIpc) is 2.65. The van der Waals surface area contributed by atoms with Gasteiger partial charge in [0.05, 0.1) is 0 Å². The molecule has 3 rings (SSSR count). The number of piperidine rings is 1. The van der Waals surface area contributed by atoms with E-state index in [1.54, 1.807) is 0 Å². The fraction of sp³-hybridized carbons (Fsp3) is 0.333. The van der Waals surface area contributed by atoms with E-state index in [-0.39, 0.29) is 18.2 Å². The van der Waals surface area contributed by atoms with Gasteiger partial charge >= 0.3 is 0 Å². The summed E-state index contributed by atoms with van der Waals surface area (Å²) in [5, 5.41) is 5.56. The maximum Gasteiger partial charge on any atom is 0.233 e. The Morgan fingerprint density at radius 1 is 0.885 bits per heavy atom. The zero-order valence-electron chi connectivity index (χ0n) is 15.1. The van der Waals surface area contributed by atoms with Gasteiger partial charge in [-0.15, -0.1) is 0 Å². The van der Waals surface area contributed by atoms with Gasteiger partial charge in [-0.05, 0) is 62.1 Å². The molecule has 136 valence electrons. The number of hydrogen-bond donors (Lipinski definition) is 2. The molecule has 0 atom stereocenters. The largest absolute Gasteiger partial charge is 0.372 e. The van der Waals surface area contributed by atoms with Crippen molar-refractivity contribution in [1.29, 1.82) is 0 Å². The normalized spacial score (nSPS) is 14.0. The Kier molecular flexibility index (Phi) is 5.89. The van der Waals surface area contributed by atoms with Crippen molar-refractivity contribution in [2.75, 3.05) is 28.6 Å². The highest BCUT2D eigenvalue weighted by atomic mass is 16.2. The molecule has 26 heavy (non-hydrogen) atoms. The summed E-state index contributed by atoms with van der Waals surface area (Å²) in [5.74, 6) is -0.636. The van der Waals surface area contributed by atoms with Crippen LogP contribution in [-0.4, -0.2) is 24.9 Å². The van der Waals surface area contributed by atoms with E-state index < -0.39 is 0 Å². The van der Waals surface area contributed by atoms with Crippen LogP contribution in [0, 0.1) is 6.92 Å². The summed E-state index contributed by atoms with van der Waals surface area (Å²) in [4.78, 5) is 26.5. The van der Waals surface area contributed by atoms with Gasteiger partial charge in [0.2, 0.25) is 11.8 Å². The predicted octanol–water partition coefficient (Wildman–Crippen LogP) is 3.95. The van der Waals surface area contributed by atoms with Crippen LogP contribution in [0.15, 0.2) is 48.5 Å². The molecular weight excluding hydrogens is 326 g/mol. The molecule has 0 unspecified atom stereocenters. The van der Waals surface area contributed by atoms with Crippen molar-refractivity contribution >= 4 is 28.9 Å². The second-order valence-electron chi connectivity index (χ2n) is 6.68. The van der Waals surface area contributed by atoms with Crippen LogP contribution in [0.2, 0.25) is 0 Å². The van der Waals surface area contributed by atoms with E-state index in [0.29, 0.717) is 5.69 Å². The average molecular weight is 351 g/mol. The summed E-state index contributed by atoms with van der Waals surface area (Å²) in [6.45, 7) is 4.09. The second kappa shape index (κ2) is 8.52. The quantitative estimate of drug-likeness (QED) is 0.802. The molecule has 0 spiro atoms. The van der Waals surface area contributed by atoms with E-state index in [2.05, 4.69) is 15.5 Å². The van der Waals surface area contributed by atoms with E-state index in [4.69, 9.17) is 0 Å². The van der Waals surface area contributed by atoms with Crippen molar-refractivity contribution in [2.45, 2.75) is 32.6 Å². The Labute approximate surface area is 154 Å². The standard InChI is InChI=1S/C21H25N3O2/c1-16-7-3-4-8-19(16)23-21(26)15-20(25)22-17-9-11-18(12-10-17)24-13-5-2-6-14-24/h3-4,7-12H,2,5-6,13-15H2,1H3,(H,22,25)(H,23,26). The number of benzene rings is 2. The molecule has 0 radical (unpaired) electrons. The third-order valence-corrected chi connectivity index (χ3v) is 4.61. The van der Waals surface area contributed by atoms with Crippen LogP contribution in [0.1, 0.15) is 31.2 Å². The SMILES string of the molecule is Cc1ccccc1NC(=O)CC(=O)Nc1ccc(N2CCCCC2)cc1. The molecule has 2 N–H and O–H groups in total. The Balaban J connectivity index is 1.51. The van der Waals surface area contributed by atoms with Gasteiger partial charge in [0, 0.05) is 30.2 Å². The molecule has 1 fully saturated rings. The van der Waals surface area contributed by atoms with Crippen molar-refractivity contribution in [2.24, 2.45) is 0 Å². The number of hydrogen-bond acceptors (Lipinski definition) is 3. The third-order valence-electron chi connectivity index (χ3n) is 4.61. The highest BCUT2D eigenvalue weighted by molar-refractivity contribution is 6.08. The van der Waals surface area contributed by atoms with Crippen LogP contribution in [-0.2, 0) is 9.59 Å². The fourth-order valence-electron chi connectivity index (χ4n) is 3.17. The van der Waals surface area contributed by atoms with Crippen molar-refractivity contribution < 1.29 is 9.59 Å². The minimum atomic E-state index is -0.318. The minimum Gasteiger partial charge on any atom is -0.372 e. The molecule has 1 heterocycles. The third kappa shape index (κ3) is 4.85. The second-order valence-corrected chi connectivity index (χ2v) is 6.68. The molecular formula is C21H25N3O2. The lowest BCUT2D eigenvalue weighted by molar-refractivity contribution is -0.123. The predicted molar refractivity (Wildman–Crippen MR) is 106 cm³/mol. The summed E-state index contributed by atoms with van der Waals surface area (Å²) in [5.41, 5.74) is 3.59. The molecule has 2 aromatic rings. The summed E-state index contributed by atoms with van der Waals surface area (Å²) < 4.78 is 0. The molecule has 0 aliphatic carbocycles. The Morgan fingerprint density at radius 3 is 2.23 bits per heavy atom. The monoisotopic (exact) mass is 351 g/mol. The number of nitrogens with one attached hydrogen (secondary N) is 2. The minimum absolute atomic E-state index is 0.206. The molecule has 1 aliphatic heterocycles. The molecule has 0 aromatic heterocycles. The zero-order valence-corrected chi connectivity index (χ0v) is 15.1. The number of amides is 2. The number of rotatable bonds is 5. The smallest absolute Gasteiger partial charge is 0.233 e. The molecule has 2 aromatic carbocycles. The van der Waals surface area contributed by atoms with Crippen LogP contribution < -0.4 is 15.5 Å². The maximum atomic E-state index is 12.1. The van der Waals surface area contributed by atoms with E-state index in [9.17, 15) is 9.59 Å². The molecule has 5 heteroatoms.